The molecular weight excluding hydrogens is 350 g/mol. The highest BCUT2D eigenvalue weighted by molar-refractivity contribution is 6.43. The van der Waals surface area contributed by atoms with Gasteiger partial charge in [-0.2, -0.15) is 0 Å². The molecule has 1 aliphatic carbocycles. The second-order valence-corrected chi connectivity index (χ2v) is 7.67. The number of carbonyl (C=O) groups excluding carboxylic acids is 4. The van der Waals surface area contributed by atoms with Crippen LogP contribution in [0.15, 0.2) is 23.4 Å². The minimum absolute atomic E-state index is 0.221. The van der Waals surface area contributed by atoms with Crippen LogP contribution in [0.2, 0.25) is 0 Å². The van der Waals surface area contributed by atoms with Gasteiger partial charge in [0.1, 0.15) is 5.60 Å². The van der Waals surface area contributed by atoms with Gasteiger partial charge in [-0.25, -0.2) is 9.69 Å². The number of hydrogen-bond donors (Lipinski definition) is 0. The van der Waals surface area contributed by atoms with E-state index in [1.165, 1.54) is 0 Å². The number of hydrogen-bond acceptors (Lipinski definition) is 6. The summed E-state index contributed by atoms with van der Waals surface area (Å²) in [5, 5.41) is 0. The smallest absolute Gasteiger partial charge is 0.421 e. The molecule has 0 aromatic carbocycles. The van der Waals surface area contributed by atoms with Crippen LogP contribution in [0, 0.1) is 11.8 Å². The number of Topliss-reactive ketones (excluding diaryl/α,β-unsaturated/α-hetero) is 1. The van der Waals surface area contributed by atoms with Crippen LogP contribution >= 0.6 is 0 Å². The van der Waals surface area contributed by atoms with E-state index in [1.807, 2.05) is 6.92 Å². The minimum atomic E-state index is -0.890. The number of likely N-dealkylation sites (tertiary alicyclic amines) is 1. The molecule has 0 saturated carbocycles. The normalized spacial score (nSPS) is 20.6. The lowest BCUT2D eigenvalue weighted by molar-refractivity contribution is -0.147. The van der Waals surface area contributed by atoms with Crippen molar-refractivity contribution in [1.29, 1.82) is 0 Å². The predicted octanol–water partition coefficient (Wildman–Crippen LogP) is 3.14. The highest BCUT2D eigenvalue weighted by Gasteiger charge is 2.49. The average molecular weight is 377 g/mol. The van der Waals surface area contributed by atoms with Crippen molar-refractivity contribution in [3.8, 4) is 0 Å². The van der Waals surface area contributed by atoms with Crippen LogP contribution in [-0.2, 0) is 23.9 Å². The Kier molecular flexibility index (Phi) is 6.23. The van der Waals surface area contributed by atoms with Gasteiger partial charge in [-0.3, -0.25) is 14.4 Å². The van der Waals surface area contributed by atoms with Gasteiger partial charge in [0.05, 0.1) is 18.4 Å². The number of carbonyl (C=O) groups is 4. The summed E-state index contributed by atoms with van der Waals surface area (Å²) in [5.41, 5.74) is 0.267. The fourth-order valence-corrected chi connectivity index (χ4v) is 3.29. The number of imide groups is 1. The fourth-order valence-electron chi connectivity index (χ4n) is 3.29. The van der Waals surface area contributed by atoms with Crippen molar-refractivity contribution in [2.75, 3.05) is 6.61 Å². The number of amides is 2. The van der Waals surface area contributed by atoms with E-state index in [0.717, 1.165) is 16.9 Å². The van der Waals surface area contributed by atoms with E-state index in [9.17, 15) is 19.2 Å². The maximum absolute atomic E-state index is 12.5. The monoisotopic (exact) mass is 377 g/mol. The summed E-state index contributed by atoms with van der Waals surface area (Å²) in [4.78, 5) is 50.3. The van der Waals surface area contributed by atoms with E-state index < -0.39 is 35.2 Å². The van der Waals surface area contributed by atoms with Crippen molar-refractivity contribution in [2.24, 2.45) is 11.8 Å². The Labute approximate surface area is 159 Å². The van der Waals surface area contributed by atoms with E-state index in [2.05, 4.69) is 0 Å². The van der Waals surface area contributed by atoms with Gasteiger partial charge in [0.2, 0.25) is 5.78 Å². The summed E-state index contributed by atoms with van der Waals surface area (Å²) in [6.45, 7) is 9.05. The third kappa shape index (κ3) is 4.46. The zero-order valence-corrected chi connectivity index (χ0v) is 16.5. The van der Waals surface area contributed by atoms with Gasteiger partial charge in [-0.05, 0) is 46.6 Å². The summed E-state index contributed by atoms with van der Waals surface area (Å²) < 4.78 is 10.4. The van der Waals surface area contributed by atoms with Gasteiger partial charge < -0.3 is 9.47 Å². The molecule has 0 aromatic rings. The van der Waals surface area contributed by atoms with Gasteiger partial charge >= 0.3 is 18.0 Å². The molecule has 2 aliphatic rings. The van der Waals surface area contributed by atoms with E-state index in [0.29, 0.717) is 12.1 Å². The van der Waals surface area contributed by atoms with Crippen molar-refractivity contribution in [3.63, 3.8) is 0 Å². The maximum Gasteiger partial charge on any atom is 0.421 e. The van der Waals surface area contributed by atoms with Crippen LogP contribution in [0.1, 0.15) is 53.9 Å². The molecule has 27 heavy (non-hydrogen) atoms. The Bertz CT molecular complexity index is 712. The number of fused-ring (bicyclic) bond motifs is 1. The van der Waals surface area contributed by atoms with Gasteiger partial charge in [-0.1, -0.05) is 25.0 Å². The van der Waals surface area contributed by atoms with Crippen molar-refractivity contribution in [3.05, 3.63) is 23.4 Å². The third-order valence-corrected chi connectivity index (χ3v) is 4.43. The molecule has 2 amide bonds. The first-order chi connectivity index (χ1) is 12.6. The first kappa shape index (κ1) is 20.9. The topological polar surface area (TPSA) is 90.0 Å². The lowest BCUT2D eigenvalue weighted by Gasteiger charge is -2.27. The summed E-state index contributed by atoms with van der Waals surface area (Å²) in [7, 11) is 0. The number of allylic oxidation sites excluding steroid dienone is 3. The van der Waals surface area contributed by atoms with E-state index in [-0.39, 0.29) is 19.0 Å². The van der Waals surface area contributed by atoms with Gasteiger partial charge in [-0.15, -0.1) is 0 Å². The van der Waals surface area contributed by atoms with E-state index in [4.69, 9.17) is 9.47 Å². The lowest BCUT2D eigenvalue weighted by Crippen LogP contribution is -2.38. The Morgan fingerprint density at radius 2 is 1.89 bits per heavy atom. The Morgan fingerprint density at radius 3 is 2.44 bits per heavy atom. The minimum Gasteiger partial charge on any atom is -0.466 e. The molecule has 1 saturated heterocycles. The van der Waals surface area contributed by atoms with Crippen molar-refractivity contribution >= 4 is 23.8 Å². The number of esters is 1. The summed E-state index contributed by atoms with van der Waals surface area (Å²) in [6, 6.07) is 0. The molecule has 2 rings (SSSR count). The Hall–Kier alpha value is -2.44. The molecular formula is C20H27NO6. The van der Waals surface area contributed by atoms with Crippen LogP contribution < -0.4 is 0 Å². The zero-order chi connectivity index (χ0) is 20.4. The molecule has 148 valence electrons. The van der Waals surface area contributed by atoms with Crippen LogP contribution in [0.25, 0.3) is 0 Å². The van der Waals surface area contributed by atoms with E-state index >= 15 is 0 Å². The van der Waals surface area contributed by atoms with Crippen molar-refractivity contribution in [2.45, 2.75) is 59.5 Å². The van der Waals surface area contributed by atoms with Crippen LogP contribution in [-0.4, -0.2) is 40.9 Å². The van der Waals surface area contributed by atoms with Gasteiger partial charge in [0.15, 0.2) is 0 Å². The molecule has 1 heterocycles. The predicted molar refractivity (Wildman–Crippen MR) is 97.4 cm³/mol. The molecule has 0 N–H and O–H groups in total. The molecule has 0 spiro atoms. The molecule has 0 radical (unpaired) electrons. The van der Waals surface area contributed by atoms with Crippen LogP contribution in [0.5, 0.6) is 0 Å². The summed E-state index contributed by atoms with van der Waals surface area (Å²) in [5.74, 6) is -3.09. The summed E-state index contributed by atoms with van der Waals surface area (Å²) in [6.07, 6.45) is 4.02. The Balaban J connectivity index is 2.32. The molecule has 0 bridgehead atoms. The Morgan fingerprint density at radius 1 is 1.22 bits per heavy atom. The average Bonchev–Trinajstić information content (AvgIpc) is 2.82. The fraction of sp³-hybridized carbons (Fsp3) is 0.600. The molecule has 1 aliphatic heterocycles. The summed E-state index contributed by atoms with van der Waals surface area (Å²) >= 11 is 0. The number of ketones is 1. The first-order valence-electron chi connectivity index (χ1n) is 9.29. The van der Waals surface area contributed by atoms with Gasteiger partial charge in [0.25, 0.3) is 0 Å². The molecule has 1 fully saturated rings. The first-order valence-corrected chi connectivity index (χ1v) is 9.29. The van der Waals surface area contributed by atoms with Crippen molar-refractivity contribution in [1.82, 2.24) is 4.90 Å². The van der Waals surface area contributed by atoms with E-state index in [1.54, 1.807) is 39.8 Å². The highest BCUT2D eigenvalue weighted by Crippen LogP contribution is 2.39. The van der Waals surface area contributed by atoms with Crippen LogP contribution in [0.4, 0.5) is 4.79 Å². The van der Waals surface area contributed by atoms with Crippen molar-refractivity contribution < 1.29 is 28.7 Å². The standard InChI is InChI=1S/C20H27NO6/c1-6-8-13(18(24)26-7-2)12-9-10-15-14(11-12)16(22)17(23)21(15)19(25)27-20(3,4)5/h9-10,13-14H,6-8,11H2,1-5H3. The number of ether oxygens (including phenoxy) is 2. The zero-order valence-electron chi connectivity index (χ0n) is 16.5. The van der Waals surface area contributed by atoms with Gasteiger partial charge in [0, 0.05) is 5.70 Å². The second-order valence-electron chi connectivity index (χ2n) is 7.67. The SMILES string of the molecule is CCCC(C(=O)OCC)C1=CC=C2C(C1)C(=O)C(=O)N2C(=O)OC(C)(C)C. The molecule has 7 nitrogen and oxygen atoms in total. The third-order valence-electron chi connectivity index (χ3n) is 4.43. The maximum atomic E-state index is 12.5. The van der Waals surface area contributed by atoms with Crippen LogP contribution in [0.3, 0.4) is 0 Å². The lowest BCUT2D eigenvalue weighted by atomic mass is 9.82. The second kappa shape index (κ2) is 8.06. The molecule has 2 unspecified atom stereocenters. The quantitative estimate of drug-likeness (QED) is 0.540. The largest absolute Gasteiger partial charge is 0.466 e. The number of rotatable bonds is 5. The number of nitrogens with zero attached hydrogens (tertiary/aromatic N) is 1. The molecule has 7 heteroatoms. The molecule has 0 aromatic heterocycles. The molecule has 2 atom stereocenters. The highest BCUT2D eigenvalue weighted by atomic mass is 16.6.